The smallest absolute Gasteiger partial charge is 0.167 e. The van der Waals surface area contributed by atoms with Crippen LogP contribution in [0.25, 0.3) is 101 Å². The fourth-order valence-corrected chi connectivity index (χ4v) is 10.3. The van der Waals surface area contributed by atoms with Crippen LogP contribution in [-0.2, 0) is 5.41 Å². The number of furan rings is 1. The number of para-hydroxylation sites is 2. The third-order valence-corrected chi connectivity index (χ3v) is 13.0. The van der Waals surface area contributed by atoms with E-state index in [0.29, 0.717) is 17.5 Å². The van der Waals surface area contributed by atoms with Gasteiger partial charge in [-0.2, -0.15) is 0 Å². The lowest BCUT2D eigenvalue weighted by molar-refractivity contribution is 0.669. The molecule has 4 nitrogen and oxygen atoms in total. The molecule has 62 heavy (non-hydrogen) atoms. The molecule has 1 spiro atoms. The van der Waals surface area contributed by atoms with Gasteiger partial charge >= 0.3 is 0 Å². The third-order valence-electron chi connectivity index (χ3n) is 13.0. The lowest BCUT2D eigenvalue weighted by Gasteiger charge is -2.35. The predicted octanol–water partition coefficient (Wildman–Crippen LogP) is 14.4. The molecule has 11 aromatic rings. The summed E-state index contributed by atoms with van der Waals surface area (Å²) < 4.78 is 6.55. The average Bonchev–Trinajstić information content (AvgIpc) is 3.84. The molecule has 2 aliphatic rings. The Bertz CT molecular complexity index is 3520. The summed E-state index contributed by atoms with van der Waals surface area (Å²) in [4.78, 5) is 15.8. The summed E-state index contributed by atoms with van der Waals surface area (Å²) in [5.74, 6) is 1.75. The molecule has 0 fully saturated rings. The molecule has 288 valence electrons. The van der Waals surface area contributed by atoms with Crippen LogP contribution in [-0.4, -0.2) is 15.0 Å². The van der Waals surface area contributed by atoms with Crippen molar-refractivity contribution in [1.29, 1.82) is 0 Å². The Morgan fingerprint density at radius 2 is 0.742 bits per heavy atom. The van der Waals surface area contributed by atoms with Gasteiger partial charge in [0, 0.05) is 21.9 Å². The molecule has 0 unspecified atom stereocenters. The summed E-state index contributed by atoms with van der Waals surface area (Å²) in [5.41, 5.74) is 18.4. The molecule has 9 aromatic carbocycles. The van der Waals surface area contributed by atoms with Crippen molar-refractivity contribution < 1.29 is 4.42 Å². The highest BCUT2D eigenvalue weighted by molar-refractivity contribution is 6.09. The largest absolute Gasteiger partial charge is 0.455 e. The number of fused-ring (bicyclic) bond motifs is 15. The molecule has 13 rings (SSSR count). The number of nitrogens with zero attached hydrogens (tertiary/aromatic N) is 3. The van der Waals surface area contributed by atoms with E-state index in [4.69, 9.17) is 19.4 Å². The van der Waals surface area contributed by atoms with Gasteiger partial charge < -0.3 is 4.42 Å². The van der Waals surface area contributed by atoms with Crippen molar-refractivity contribution in [3.8, 4) is 78.7 Å². The van der Waals surface area contributed by atoms with Crippen molar-refractivity contribution in [2.24, 2.45) is 0 Å². The van der Waals surface area contributed by atoms with Gasteiger partial charge in [-0.1, -0.05) is 194 Å². The first-order valence-electron chi connectivity index (χ1n) is 21.1. The first-order chi connectivity index (χ1) is 30.7. The summed E-state index contributed by atoms with van der Waals surface area (Å²) in [6.07, 6.45) is 0. The Kier molecular flexibility index (Phi) is 7.49. The summed E-state index contributed by atoms with van der Waals surface area (Å²) in [6, 6.07) is 75.9. The van der Waals surface area contributed by atoms with E-state index in [1.165, 1.54) is 55.6 Å². The van der Waals surface area contributed by atoms with Gasteiger partial charge in [-0.05, 0) is 85.0 Å². The van der Waals surface area contributed by atoms with Crippen molar-refractivity contribution >= 4 is 21.9 Å². The van der Waals surface area contributed by atoms with Gasteiger partial charge in [0.05, 0.1) is 11.0 Å². The Morgan fingerprint density at radius 3 is 1.42 bits per heavy atom. The number of aromatic nitrogens is 3. The molecule has 0 radical (unpaired) electrons. The predicted molar refractivity (Wildman–Crippen MR) is 251 cm³/mol. The van der Waals surface area contributed by atoms with Crippen LogP contribution < -0.4 is 0 Å². The second-order valence-electron chi connectivity index (χ2n) is 16.2. The highest BCUT2D eigenvalue weighted by Gasteiger charge is 2.49. The van der Waals surface area contributed by atoms with Gasteiger partial charge in [0.1, 0.15) is 11.2 Å². The van der Waals surface area contributed by atoms with Crippen LogP contribution in [0.2, 0.25) is 0 Å². The highest BCUT2D eigenvalue weighted by atomic mass is 16.3. The van der Waals surface area contributed by atoms with E-state index in [1.807, 2.05) is 30.3 Å². The SMILES string of the molecule is c1ccc(-c2ccc(-c3nc(-c4ccc5c(c4)-c4ccccc4C54c5ccccc5-c5ccccc5-c5ccccc54)nc(-c4cccc5c4oc4ccccc45)n3)cc2)cc1. The van der Waals surface area contributed by atoms with Crippen LogP contribution in [0.15, 0.2) is 217 Å². The average molecular weight is 790 g/mol. The molecule has 0 saturated heterocycles. The molecule has 2 heterocycles. The van der Waals surface area contributed by atoms with E-state index in [2.05, 4.69) is 182 Å². The molecule has 0 atom stereocenters. The normalized spacial score (nSPS) is 13.0. The van der Waals surface area contributed by atoms with Crippen LogP contribution in [0, 0.1) is 0 Å². The number of hydrogen-bond acceptors (Lipinski definition) is 4. The van der Waals surface area contributed by atoms with Crippen molar-refractivity contribution in [3.05, 3.63) is 235 Å². The topological polar surface area (TPSA) is 51.8 Å². The molecule has 0 saturated carbocycles. The number of hydrogen-bond donors (Lipinski definition) is 0. The van der Waals surface area contributed by atoms with Crippen LogP contribution >= 0.6 is 0 Å². The van der Waals surface area contributed by atoms with E-state index < -0.39 is 5.41 Å². The zero-order valence-electron chi connectivity index (χ0n) is 33.5. The number of rotatable bonds is 4. The van der Waals surface area contributed by atoms with E-state index in [-0.39, 0.29) is 0 Å². The minimum atomic E-state index is -0.566. The second-order valence-corrected chi connectivity index (χ2v) is 16.2. The molecule has 4 heteroatoms. The van der Waals surface area contributed by atoms with Crippen molar-refractivity contribution in [2.45, 2.75) is 5.41 Å². The van der Waals surface area contributed by atoms with Crippen molar-refractivity contribution in [2.75, 3.05) is 0 Å². The van der Waals surface area contributed by atoms with Crippen LogP contribution in [0.3, 0.4) is 0 Å². The van der Waals surface area contributed by atoms with E-state index in [1.54, 1.807) is 0 Å². The minimum absolute atomic E-state index is 0.559. The maximum atomic E-state index is 6.55. The Balaban J connectivity index is 1.05. The second kappa shape index (κ2) is 13.4. The molecule has 0 aliphatic heterocycles. The quantitative estimate of drug-likeness (QED) is 0.178. The summed E-state index contributed by atoms with van der Waals surface area (Å²) in [5, 5.41) is 2.09. The lowest BCUT2D eigenvalue weighted by Crippen LogP contribution is -2.29. The zero-order chi connectivity index (χ0) is 40.8. The number of benzene rings is 9. The van der Waals surface area contributed by atoms with Gasteiger partial charge in [0.2, 0.25) is 0 Å². The third kappa shape index (κ3) is 4.98. The molecule has 0 amide bonds. The first kappa shape index (κ1) is 34.6. The summed E-state index contributed by atoms with van der Waals surface area (Å²) in [6.45, 7) is 0. The molecular weight excluding hydrogens is 755 g/mol. The van der Waals surface area contributed by atoms with Gasteiger partial charge in [-0.3, -0.25) is 0 Å². The maximum absolute atomic E-state index is 6.55. The summed E-state index contributed by atoms with van der Waals surface area (Å²) >= 11 is 0. The van der Waals surface area contributed by atoms with Crippen molar-refractivity contribution in [1.82, 2.24) is 15.0 Å². The standard InChI is InChI=1S/C58H35N3O/c1-2-15-36(16-3-1)37-29-31-38(32-30-37)55-59-56(61-57(60-55)47-24-14-23-46-45-22-9-13-28-53(45)62-54(46)47)39-33-34-52-48(35-39)44-21-8-12-27-51(44)58(52)49-25-10-6-19-42(49)40-17-4-5-18-41(40)43-20-7-11-26-50(43)58/h1-35H. The van der Waals surface area contributed by atoms with Gasteiger partial charge in [-0.15, -0.1) is 0 Å². The first-order valence-corrected chi connectivity index (χ1v) is 21.1. The Labute approximate surface area is 358 Å². The fraction of sp³-hybridized carbons (Fsp3) is 0.0172. The highest BCUT2D eigenvalue weighted by Crippen LogP contribution is 2.61. The molecular formula is C58H35N3O. The maximum Gasteiger partial charge on any atom is 0.167 e. The summed E-state index contributed by atoms with van der Waals surface area (Å²) in [7, 11) is 0. The minimum Gasteiger partial charge on any atom is -0.455 e. The van der Waals surface area contributed by atoms with E-state index in [9.17, 15) is 0 Å². The van der Waals surface area contributed by atoms with E-state index in [0.717, 1.165) is 49.8 Å². The zero-order valence-corrected chi connectivity index (χ0v) is 33.5. The molecule has 2 aromatic heterocycles. The van der Waals surface area contributed by atoms with Crippen molar-refractivity contribution in [3.63, 3.8) is 0 Å². The van der Waals surface area contributed by atoms with E-state index >= 15 is 0 Å². The van der Waals surface area contributed by atoms with Gasteiger partial charge in [0.25, 0.3) is 0 Å². The molecule has 0 bridgehead atoms. The molecule has 2 aliphatic carbocycles. The van der Waals surface area contributed by atoms with Crippen LogP contribution in [0.4, 0.5) is 0 Å². The Morgan fingerprint density at radius 1 is 0.290 bits per heavy atom. The van der Waals surface area contributed by atoms with Gasteiger partial charge in [-0.25, -0.2) is 15.0 Å². The Hall–Kier alpha value is -8.21. The monoisotopic (exact) mass is 789 g/mol. The van der Waals surface area contributed by atoms with Crippen LogP contribution in [0.1, 0.15) is 22.3 Å². The fourth-order valence-electron chi connectivity index (χ4n) is 10.3. The van der Waals surface area contributed by atoms with Crippen LogP contribution in [0.5, 0.6) is 0 Å². The molecule has 0 N–H and O–H groups in total. The van der Waals surface area contributed by atoms with Gasteiger partial charge in [0.15, 0.2) is 17.5 Å². The lowest BCUT2D eigenvalue weighted by atomic mass is 9.66.